The number of nitrogens with zero attached hydrogens (tertiary/aromatic N) is 1. The van der Waals surface area contributed by atoms with E-state index in [0.29, 0.717) is 0 Å². The SMILES string of the molecule is CC(C)(C)c1ccc(Nc2cc3oc4ccccc4c3cc2-c2ccc3c4cc5c(cc4n4c3c2[B]c2cc3c(cc2-4)C(C)(C)c2ccccc2-3)C(C)(C)c2ccccc2-5)cc1. The predicted molar refractivity (Wildman–Crippen MR) is 262 cm³/mol. The fourth-order valence-electron chi connectivity index (χ4n) is 11.5. The molecule has 1 radical (unpaired) electrons. The number of furan rings is 1. The lowest BCUT2D eigenvalue weighted by molar-refractivity contribution is 0.590. The first-order valence-corrected chi connectivity index (χ1v) is 22.1. The maximum Gasteiger partial charge on any atom is 0.197 e. The summed E-state index contributed by atoms with van der Waals surface area (Å²) in [6.07, 6.45) is 0. The summed E-state index contributed by atoms with van der Waals surface area (Å²) in [5.41, 5.74) is 24.4. The maximum absolute atomic E-state index is 6.55. The van der Waals surface area contributed by atoms with Crippen LogP contribution in [0, 0.1) is 0 Å². The molecule has 1 aliphatic heterocycles. The number of fused-ring (bicyclic) bond motifs is 14. The third kappa shape index (κ3) is 4.73. The van der Waals surface area contributed by atoms with Crippen molar-refractivity contribution in [1.82, 2.24) is 4.57 Å². The topological polar surface area (TPSA) is 30.1 Å². The largest absolute Gasteiger partial charge is 0.456 e. The van der Waals surface area contributed by atoms with Crippen LogP contribution < -0.4 is 16.2 Å². The zero-order valence-electron chi connectivity index (χ0n) is 36.3. The van der Waals surface area contributed by atoms with Crippen LogP contribution in [-0.2, 0) is 16.2 Å². The third-order valence-electron chi connectivity index (χ3n) is 14.8. The molecular formula is C58H46BN2O. The molecule has 10 aromatic rings. The van der Waals surface area contributed by atoms with Gasteiger partial charge >= 0.3 is 0 Å². The minimum atomic E-state index is -0.121. The first kappa shape index (κ1) is 35.9. The number of benzene rings is 8. The molecule has 0 spiro atoms. The zero-order valence-corrected chi connectivity index (χ0v) is 36.3. The van der Waals surface area contributed by atoms with E-state index < -0.39 is 0 Å². The van der Waals surface area contributed by atoms with E-state index in [2.05, 4.69) is 211 Å². The van der Waals surface area contributed by atoms with Gasteiger partial charge in [-0.3, -0.25) is 0 Å². The molecule has 0 saturated heterocycles. The summed E-state index contributed by atoms with van der Waals surface area (Å²) >= 11 is 0. The van der Waals surface area contributed by atoms with Crippen LogP contribution in [0.3, 0.4) is 0 Å². The van der Waals surface area contributed by atoms with Gasteiger partial charge in [-0.1, -0.05) is 151 Å². The van der Waals surface area contributed by atoms with E-state index in [9.17, 15) is 0 Å². The number of nitrogens with one attached hydrogen (secondary N) is 1. The number of hydrogen-bond donors (Lipinski definition) is 1. The molecule has 3 heterocycles. The van der Waals surface area contributed by atoms with Gasteiger partial charge in [-0.25, -0.2) is 0 Å². The highest BCUT2D eigenvalue weighted by atomic mass is 16.3. The minimum Gasteiger partial charge on any atom is -0.456 e. The molecule has 0 atom stereocenters. The van der Waals surface area contributed by atoms with Crippen LogP contribution in [-0.4, -0.2) is 11.8 Å². The van der Waals surface area contributed by atoms with E-state index in [1.807, 2.05) is 0 Å². The van der Waals surface area contributed by atoms with Crippen molar-refractivity contribution in [3.05, 3.63) is 173 Å². The Labute approximate surface area is 363 Å². The number of aromatic nitrogens is 1. The molecule has 0 amide bonds. The Morgan fingerprint density at radius 3 is 1.89 bits per heavy atom. The highest BCUT2D eigenvalue weighted by Gasteiger charge is 2.40. The summed E-state index contributed by atoms with van der Waals surface area (Å²) in [4.78, 5) is 0. The van der Waals surface area contributed by atoms with Gasteiger partial charge in [0.2, 0.25) is 0 Å². The van der Waals surface area contributed by atoms with Crippen molar-refractivity contribution in [2.45, 2.75) is 64.7 Å². The van der Waals surface area contributed by atoms with Crippen LogP contribution in [0.15, 0.2) is 150 Å². The second kappa shape index (κ2) is 12.0. The molecule has 13 rings (SSSR count). The lowest BCUT2D eigenvalue weighted by Gasteiger charge is -2.27. The molecule has 2 aliphatic carbocycles. The van der Waals surface area contributed by atoms with Crippen molar-refractivity contribution in [2.75, 3.05) is 5.32 Å². The van der Waals surface area contributed by atoms with Crippen molar-refractivity contribution in [3.8, 4) is 39.1 Å². The van der Waals surface area contributed by atoms with Crippen LogP contribution in [0.2, 0.25) is 0 Å². The van der Waals surface area contributed by atoms with Gasteiger partial charge in [0.1, 0.15) is 11.2 Å². The van der Waals surface area contributed by atoms with Gasteiger partial charge in [0.15, 0.2) is 7.28 Å². The Bertz CT molecular complexity index is 3610. The molecule has 4 heteroatoms. The lowest BCUT2D eigenvalue weighted by atomic mass is 9.58. The van der Waals surface area contributed by atoms with E-state index in [4.69, 9.17) is 4.42 Å². The van der Waals surface area contributed by atoms with Gasteiger partial charge in [-0.15, -0.1) is 0 Å². The van der Waals surface area contributed by atoms with E-state index in [-0.39, 0.29) is 16.2 Å². The average Bonchev–Trinajstić information content (AvgIpc) is 3.93. The molecule has 0 bridgehead atoms. The molecule has 0 fully saturated rings. The standard InChI is InChI=1S/C58H46BN2O/c1-56(2,3)32-20-22-33(23-21-32)60-49-31-53-43(36-16-10-13-19-52(36)62-53)27-41(49)37-24-25-38-42-26-39-34-14-8-11-17-44(34)57(4,5)46(39)29-50(42)61-51-30-47-40(28-48(51)59-54(37)55(38)61)35-15-9-12-18-45(35)58(47,6)7/h8-31,60H,1-7H3. The van der Waals surface area contributed by atoms with E-state index >= 15 is 0 Å². The summed E-state index contributed by atoms with van der Waals surface area (Å²) < 4.78 is 9.16. The Hall–Kier alpha value is -6.78. The third-order valence-corrected chi connectivity index (χ3v) is 14.8. The normalized spacial score (nSPS) is 15.1. The maximum atomic E-state index is 6.55. The summed E-state index contributed by atoms with van der Waals surface area (Å²) in [6, 6.07) is 54.6. The van der Waals surface area contributed by atoms with Crippen LogP contribution >= 0.6 is 0 Å². The van der Waals surface area contributed by atoms with Crippen LogP contribution in [0.25, 0.3) is 82.8 Å². The molecular weight excluding hydrogens is 751 g/mol. The van der Waals surface area contributed by atoms with E-state index in [1.54, 1.807) is 0 Å². The number of para-hydroxylation sites is 1. The fourth-order valence-corrected chi connectivity index (χ4v) is 11.5. The Morgan fingerprint density at radius 1 is 0.516 bits per heavy atom. The van der Waals surface area contributed by atoms with Gasteiger partial charge in [-0.05, 0) is 109 Å². The van der Waals surface area contributed by atoms with Crippen molar-refractivity contribution < 1.29 is 4.42 Å². The van der Waals surface area contributed by atoms with Crippen LogP contribution in [0.1, 0.15) is 76.3 Å². The monoisotopic (exact) mass is 797 g/mol. The summed E-state index contributed by atoms with van der Waals surface area (Å²) in [7, 11) is 2.48. The molecule has 1 N–H and O–H groups in total. The van der Waals surface area contributed by atoms with E-state index in [1.165, 1.54) is 94.1 Å². The van der Waals surface area contributed by atoms with Crippen molar-refractivity contribution in [2.24, 2.45) is 0 Å². The molecule has 0 unspecified atom stereocenters. The van der Waals surface area contributed by atoms with Crippen LogP contribution in [0.4, 0.5) is 11.4 Å². The molecule has 8 aromatic carbocycles. The summed E-state index contributed by atoms with van der Waals surface area (Å²) in [5.74, 6) is 0. The number of hydrogen-bond acceptors (Lipinski definition) is 2. The van der Waals surface area contributed by atoms with Gasteiger partial charge in [-0.2, -0.15) is 0 Å². The molecule has 2 aromatic heterocycles. The molecule has 3 nitrogen and oxygen atoms in total. The molecule has 3 aliphatic rings. The van der Waals surface area contributed by atoms with Gasteiger partial charge in [0.05, 0.1) is 11.2 Å². The van der Waals surface area contributed by atoms with Gasteiger partial charge in [0.25, 0.3) is 0 Å². The molecule has 0 saturated carbocycles. The predicted octanol–water partition coefficient (Wildman–Crippen LogP) is 14.0. The van der Waals surface area contributed by atoms with Crippen molar-refractivity contribution in [1.29, 1.82) is 0 Å². The van der Waals surface area contributed by atoms with Gasteiger partial charge in [0, 0.05) is 60.9 Å². The number of anilines is 2. The van der Waals surface area contributed by atoms with E-state index in [0.717, 1.165) is 38.9 Å². The smallest absolute Gasteiger partial charge is 0.197 e. The number of rotatable bonds is 3. The quantitative estimate of drug-likeness (QED) is 0.181. The lowest BCUT2D eigenvalue weighted by Crippen LogP contribution is -2.37. The Morgan fingerprint density at radius 2 is 1.16 bits per heavy atom. The summed E-state index contributed by atoms with van der Waals surface area (Å²) in [6.45, 7) is 16.3. The second-order valence-corrected chi connectivity index (χ2v) is 20.1. The summed E-state index contributed by atoms with van der Waals surface area (Å²) in [5, 5.41) is 8.68. The minimum absolute atomic E-state index is 0.0662. The highest BCUT2D eigenvalue weighted by Crippen LogP contribution is 2.53. The first-order chi connectivity index (χ1) is 29.9. The zero-order chi connectivity index (χ0) is 42.0. The van der Waals surface area contributed by atoms with Crippen molar-refractivity contribution >= 4 is 73.3 Å². The average molecular weight is 798 g/mol. The molecule has 297 valence electrons. The highest BCUT2D eigenvalue weighted by molar-refractivity contribution is 6.73. The van der Waals surface area contributed by atoms with Gasteiger partial charge < -0.3 is 14.3 Å². The van der Waals surface area contributed by atoms with Crippen molar-refractivity contribution in [3.63, 3.8) is 0 Å². The fraction of sp³-hybridized carbons (Fsp3) is 0.172. The van der Waals surface area contributed by atoms with Crippen LogP contribution in [0.5, 0.6) is 0 Å². The Kier molecular flexibility index (Phi) is 6.94. The Balaban J connectivity index is 1.11. The first-order valence-electron chi connectivity index (χ1n) is 22.1. The molecule has 62 heavy (non-hydrogen) atoms. The second-order valence-electron chi connectivity index (χ2n) is 20.1.